The normalized spacial score (nSPS) is 10.9. The van der Waals surface area contributed by atoms with Crippen molar-refractivity contribution in [3.63, 3.8) is 0 Å². The minimum absolute atomic E-state index is 0.412. The Bertz CT molecular complexity index is 752. The maximum atomic E-state index is 5.83. The Balaban J connectivity index is 2.00. The van der Waals surface area contributed by atoms with E-state index in [4.69, 9.17) is 16.3 Å². The first-order valence-electron chi connectivity index (χ1n) is 5.86. The van der Waals surface area contributed by atoms with Crippen LogP contribution in [0.2, 0.25) is 5.15 Å². The fraction of sp³-hybridized carbons (Fsp3) is 0.143. The topological polar surface area (TPSA) is 39.9 Å². The largest absolute Gasteiger partial charge is 0.457 e. The molecule has 2 aromatic heterocycles. The third-order valence-electron chi connectivity index (χ3n) is 2.94. The molecule has 1 aromatic carbocycles. The second-order valence-corrected chi connectivity index (χ2v) is 4.69. The molecule has 0 aliphatic heterocycles. The second kappa shape index (κ2) is 4.55. The van der Waals surface area contributed by atoms with Gasteiger partial charge >= 0.3 is 0 Å². The van der Waals surface area contributed by atoms with Crippen molar-refractivity contribution in [2.24, 2.45) is 7.05 Å². The van der Waals surface area contributed by atoms with Crippen LogP contribution in [0.1, 0.15) is 5.69 Å². The van der Waals surface area contributed by atoms with E-state index in [1.807, 2.05) is 36.9 Å². The maximum absolute atomic E-state index is 5.83. The number of halogens is 1. The van der Waals surface area contributed by atoms with E-state index in [1.165, 1.54) is 0 Å². The molecule has 0 spiro atoms. The van der Waals surface area contributed by atoms with Crippen LogP contribution < -0.4 is 4.74 Å². The third-order valence-corrected chi connectivity index (χ3v) is 3.15. The molecule has 3 aromatic rings. The minimum Gasteiger partial charge on any atom is -0.457 e. The van der Waals surface area contributed by atoms with Gasteiger partial charge in [0.25, 0.3) is 0 Å². The van der Waals surface area contributed by atoms with E-state index in [0.717, 1.165) is 22.3 Å². The summed E-state index contributed by atoms with van der Waals surface area (Å²) in [6.45, 7) is 1.99. The van der Waals surface area contributed by atoms with Crippen LogP contribution in [-0.4, -0.2) is 14.8 Å². The van der Waals surface area contributed by atoms with Gasteiger partial charge in [0.1, 0.15) is 16.7 Å². The van der Waals surface area contributed by atoms with Gasteiger partial charge in [0.05, 0.1) is 11.2 Å². The molecule has 0 N–H and O–H groups in total. The number of benzene rings is 1. The lowest BCUT2D eigenvalue weighted by Crippen LogP contribution is -1.90. The van der Waals surface area contributed by atoms with Crippen molar-refractivity contribution in [2.75, 3.05) is 0 Å². The molecule has 0 atom stereocenters. The predicted molar refractivity (Wildman–Crippen MR) is 74.8 cm³/mol. The van der Waals surface area contributed by atoms with Gasteiger partial charge < -0.3 is 4.74 Å². The monoisotopic (exact) mass is 273 g/mol. The number of pyridine rings is 1. The number of hydrogen-bond donors (Lipinski definition) is 0. The van der Waals surface area contributed by atoms with E-state index in [1.54, 1.807) is 18.3 Å². The van der Waals surface area contributed by atoms with Gasteiger partial charge in [0.15, 0.2) is 0 Å². The van der Waals surface area contributed by atoms with Crippen LogP contribution in [0.15, 0.2) is 36.5 Å². The van der Waals surface area contributed by atoms with E-state index in [0.29, 0.717) is 10.9 Å². The standard InChI is InChI=1S/C14H12ClN3O/c1-9-12-4-3-10(7-13(12)18(2)17-9)19-11-5-6-16-14(15)8-11/h3-8H,1-2H3. The van der Waals surface area contributed by atoms with E-state index in [-0.39, 0.29) is 0 Å². The fourth-order valence-electron chi connectivity index (χ4n) is 2.07. The highest BCUT2D eigenvalue weighted by Gasteiger charge is 2.06. The highest BCUT2D eigenvalue weighted by molar-refractivity contribution is 6.29. The Morgan fingerprint density at radius 1 is 1.16 bits per heavy atom. The van der Waals surface area contributed by atoms with Crippen molar-refractivity contribution in [3.8, 4) is 11.5 Å². The molecule has 0 amide bonds. The molecule has 0 unspecified atom stereocenters. The molecule has 3 rings (SSSR count). The average Bonchev–Trinajstić information content (AvgIpc) is 2.65. The molecule has 4 nitrogen and oxygen atoms in total. The van der Waals surface area contributed by atoms with Gasteiger partial charge in [0.2, 0.25) is 0 Å². The number of aromatic nitrogens is 3. The van der Waals surface area contributed by atoms with Crippen LogP contribution in [0.25, 0.3) is 10.9 Å². The summed E-state index contributed by atoms with van der Waals surface area (Å²) in [5.41, 5.74) is 2.05. The molecule has 0 saturated heterocycles. The molecular weight excluding hydrogens is 262 g/mol. The molecule has 5 heteroatoms. The van der Waals surface area contributed by atoms with Crippen molar-refractivity contribution in [1.82, 2.24) is 14.8 Å². The molecule has 0 saturated carbocycles. The second-order valence-electron chi connectivity index (χ2n) is 4.30. The first-order chi connectivity index (χ1) is 9.13. The Kier molecular flexibility index (Phi) is 2.87. The van der Waals surface area contributed by atoms with Gasteiger partial charge in [-0.2, -0.15) is 5.10 Å². The fourth-order valence-corrected chi connectivity index (χ4v) is 2.23. The zero-order valence-corrected chi connectivity index (χ0v) is 11.3. The lowest BCUT2D eigenvalue weighted by molar-refractivity contribution is 0.482. The van der Waals surface area contributed by atoms with Crippen LogP contribution in [0, 0.1) is 6.92 Å². The average molecular weight is 274 g/mol. The highest BCUT2D eigenvalue weighted by atomic mass is 35.5. The van der Waals surface area contributed by atoms with Gasteiger partial charge in [-0.3, -0.25) is 4.68 Å². The summed E-state index contributed by atoms with van der Waals surface area (Å²) in [5.74, 6) is 1.41. The quantitative estimate of drug-likeness (QED) is 0.668. The molecular formula is C14H12ClN3O. The van der Waals surface area contributed by atoms with Gasteiger partial charge in [-0.05, 0) is 25.1 Å². The molecule has 19 heavy (non-hydrogen) atoms. The molecule has 2 heterocycles. The molecule has 0 bridgehead atoms. The zero-order chi connectivity index (χ0) is 13.4. The SMILES string of the molecule is Cc1nn(C)c2cc(Oc3ccnc(Cl)c3)ccc12. The summed E-state index contributed by atoms with van der Waals surface area (Å²) >= 11 is 5.83. The highest BCUT2D eigenvalue weighted by Crippen LogP contribution is 2.27. The Morgan fingerprint density at radius 3 is 2.74 bits per heavy atom. The van der Waals surface area contributed by atoms with Crippen molar-refractivity contribution in [3.05, 3.63) is 47.4 Å². The number of nitrogens with zero attached hydrogens (tertiary/aromatic N) is 3. The number of ether oxygens (including phenoxy) is 1. The van der Waals surface area contributed by atoms with Crippen molar-refractivity contribution in [1.29, 1.82) is 0 Å². The summed E-state index contributed by atoms with van der Waals surface area (Å²) in [6, 6.07) is 9.34. The summed E-state index contributed by atoms with van der Waals surface area (Å²) in [4.78, 5) is 3.92. The molecule has 96 valence electrons. The maximum Gasteiger partial charge on any atom is 0.132 e. The van der Waals surface area contributed by atoms with Crippen LogP contribution in [0.4, 0.5) is 0 Å². The summed E-state index contributed by atoms with van der Waals surface area (Å²) in [7, 11) is 1.92. The molecule has 0 radical (unpaired) electrons. The minimum atomic E-state index is 0.412. The van der Waals surface area contributed by atoms with E-state index >= 15 is 0 Å². The summed E-state index contributed by atoms with van der Waals surface area (Å²) in [6.07, 6.45) is 1.62. The van der Waals surface area contributed by atoms with Gasteiger partial charge in [0, 0.05) is 30.8 Å². The summed E-state index contributed by atoms with van der Waals surface area (Å²) in [5, 5.41) is 5.92. The third kappa shape index (κ3) is 2.27. The van der Waals surface area contributed by atoms with E-state index in [2.05, 4.69) is 10.1 Å². The predicted octanol–water partition coefficient (Wildman–Crippen LogP) is 3.72. The smallest absolute Gasteiger partial charge is 0.132 e. The van der Waals surface area contributed by atoms with Gasteiger partial charge in [-0.15, -0.1) is 0 Å². The lowest BCUT2D eigenvalue weighted by Gasteiger charge is -2.06. The lowest BCUT2D eigenvalue weighted by atomic mass is 10.2. The first-order valence-corrected chi connectivity index (χ1v) is 6.24. The summed E-state index contributed by atoms with van der Waals surface area (Å²) < 4.78 is 7.61. The van der Waals surface area contributed by atoms with Gasteiger partial charge in [-0.25, -0.2) is 4.98 Å². The number of fused-ring (bicyclic) bond motifs is 1. The molecule has 0 fully saturated rings. The Hall–Kier alpha value is -2.07. The van der Waals surface area contributed by atoms with Crippen LogP contribution in [-0.2, 0) is 7.05 Å². The van der Waals surface area contributed by atoms with E-state index in [9.17, 15) is 0 Å². The van der Waals surface area contributed by atoms with Crippen molar-refractivity contribution >= 4 is 22.5 Å². The molecule has 0 aliphatic rings. The number of rotatable bonds is 2. The molecule has 0 aliphatic carbocycles. The van der Waals surface area contributed by atoms with Crippen molar-refractivity contribution < 1.29 is 4.74 Å². The zero-order valence-electron chi connectivity index (χ0n) is 10.6. The Labute approximate surface area is 115 Å². The van der Waals surface area contributed by atoms with Crippen LogP contribution in [0.3, 0.4) is 0 Å². The number of hydrogen-bond acceptors (Lipinski definition) is 3. The van der Waals surface area contributed by atoms with Crippen LogP contribution in [0.5, 0.6) is 11.5 Å². The Morgan fingerprint density at radius 2 is 1.95 bits per heavy atom. The number of aryl methyl sites for hydroxylation is 2. The van der Waals surface area contributed by atoms with Crippen LogP contribution >= 0.6 is 11.6 Å². The van der Waals surface area contributed by atoms with Gasteiger partial charge in [-0.1, -0.05) is 11.6 Å². The first kappa shape index (κ1) is 12.0. The van der Waals surface area contributed by atoms with Crippen molar-refractivity contribution in [2.45, 2.75) is 6.92 Å². The van der Waals surface area contributed by atoms with E-state index < -0.39 is 0 Å².